The van der Waals surface area contributed by atoms with Crippen LogP contribution in [-0.2, 0) is 29.2 Å². The number of pyridine rings is 2. The van der Waals surface area contributed by atoms with Crippen molar-refractivity contribution in [3.05, 3.63) is 75.5 Å². The number of fused-ring (bicyclic) bond motifs is 2. The third-order valence-electron chi connectivity index (χ3n) is 6.32. The van der Waals surface area contributed by atoms with Crippen molar-refractivity contribution < 1.29 is 22.0 Å². The first kappa shape index (κ1) is 24.6. The van der Waals surface area contributed by atoms with Crippen molar-refractivity contribution in [2.45, 2.75) is 12.3 Å². The molecule has 5 rings (SSSR count). The van der Waals surface area contributed by atoms with Gasteiger partial charge in [-0.2, -0.15) is 0 Å². The third-order valence-corrected chi connectivity index (χ3v) is 7.15. The maximum Gasteiger partial charge on any atom is 0.274 e. The molecule has 12 heteroatoms. The van der Waals surface area contributed by atoms with E-state index in [4.69, 9.17) is 0 Å². The molecule has 0 radical (unpaired) electrons. The number of aromatic amines is 1. The number of benzene rings is 1. The number of aromatic nitrogens is 3. The van der Waals surface area contributed by atoms with Gasteiger partial charge in [0.15, 0.2) is 21.5 Å². The fraction of sp³-hybridized carbons (Fsp3) is 0.240. The van der Waals surface area contributed by atoms with Gasteiger partial charge in [-0.1, -0.05) is 0 Å². The van der Waals surface area contributed by atoms with E-state index in [1.807, 2.05) is 0 Å². The van der Waals surface area contributed by atoms with Gasteiger partial charge in [-0.3, -0.25) is 9.59 Å². The van der Waals surface area contributed by atoms with Gasteiger partial charge in [0, 0.05) is 67.9 Å². The lowest BCUT2D eigenvalue weighted by molar-refractivity contribution is 0.0827. The molecular formula is C25H23F2N5O4S. The Morgan fingerprint density at radius 3 is 2.57 bits per heavy atom. The Labute approximate surface area is 210 Å². The van der Waals surface area contributed by atoms with E-state index in [1.165, 1.54) is 20.4 Å². The number of hydrogen-bond donors (Lipinski definition) is 1. The van der Waals surface area contributed by atoms with E-state index in [9.17, 15) is 22.4 Å². The maximum absolute atomic E-state index is 15.1. The Bertz CT molecular complexity index is 1780. The van der Waals surface area contributed by atoms with Gasteiger partial charge in [-0.05, 0) is 23.3 Å². The Kier molecular flexibility index (Phi) is 5.66. The quantitative estimate of drug-likeness (QED) is 0.437. The van der Waals surface area contributed by atoms with Crippen LogP contribution in [0.3, 0.4) is 0 Å². The number of anilines is 2. The normalized spacial score (nSPS) is 13.0. The minimum absolute atomic E-state index is 0.0454. The number of hydrogen-bond acceptors (Lipinski definition) is 6. The van der Waals surface area contributed by atoms with Gasteiger partial charge in [0.1, 0.15) is 11.3 Å². The van der Waals surface area contributed by atoms with Gasteiger partial charge in [0.05, 0.1) is 24.2 Å². The fourth-order valence-corrected chi connectivity index (χ4v) is 5.53. The van der Waals surface area contributed by atoms with E-state index in [2.05, 4.69) is 9.97 Å². The van der Waals surface area contributed by atoms with Crippen LogP contribution in [-0.4, -0.2) is 54.1 Å². The molecule has 37 heavy (non-hydrogen) atoms. The zero-order valence-corrected chi connectivity index (χ0v) is 21.3. The van der Waals surface area contributed by atoms with E-state index >= 15 is 4.39 Å². The number of amides is 1. The second-order valence-electron chi connectivity index (χ2n) is 9.36. The molecule has 1 aliphatic rings. The summed E-state index contributed by atoms with van der Waals surface area (Å²) in [6, 6.07) is 3.81. The molecular weight excluding hydrogens is 504 g/mol. The molecule has 0 fully saturated rings. The molecule has 1 aliphatic heterocycles. The lowest BCUT2D eigenvalue weighted by Gasteiger charge is -2.27. The first-order chi connectivity index (χ1) is 17.4. The fourth-order valence-electron chi connectivity index (χ4n) is 4.73. The zero-order chi connectivity index (χ0) is 26.8. The zero-order valence-electron chi connectivity index (χ0n) is 20.5. The number of aryl methyl sites for hydroxylation is 1. The van der Waals surface area contributed by atoms with Crippen molar-refractivity contribution in [1.82, 2.24) is 19.4 Å². The summed E-state index contributed by atoms with van der Waals surface area (Å²) in [6.45, 7) is 0.0454. The monoisotopic (exact) mass is 527 g/mol. The van der Waals surface area contributed by atoms with Crippen molar-refractivity contribution in [3.63, 3.8) is 0 Å². The van der Waals surface area contributed by atoms with Crippen LogP contribution >= 0.6 is 0 Å². The van der Waals surface area contributed by atoms with E-state index in [0.29, 0.717) is 39.3 Å². The summed E-state index contributed by atoms with van der Waals surface area (Å²) in [5.41, 5.74) is 2.50. The molecule has 4 heterocycles. The van der Waals surface area contributed by atoms with Crippen LogP contribution in [0, 0.1) is 11.6 Å². The van der Waals surface area contributed by atoms with Gasteiger partial charge < -0.3 is 19.4 Å². The highest BCUT2D eigenvalue weighted by molar-refractivity contribution is 7.89. The molecule has 1 amide bonds. The molecule has 0 aliphatic carbocycles. The first-order valence-electron chi connectivity index (χ1n) is 11.2. The Hall–Kier alpha value is -4.06. The van der Waals surface area contributed by atoms with Gasteiger partial charge in [-0.15, -0.1) is 0 Å². The minimum atomic E-state index is -3.55. The van der Waals surface area contributed by atoms with Gasteiger partial charge in [-0.25, -0.2) is 22.2 Å². The molecule has 0 unspecified atom stereocenters. The number of H-pyrrole nitrogens is 1. The Balaban J connectivity index is 1.92. The predicted octanol–water partition coefficient (Wildman–Crippen LogP) is 3.10. The molecule has 3 aromatic heterocycles. The molecule has 0 saturated heterocycles. The van der Waals surface area contributed by atoms with E-state index < -0.39 is 33.1 Å². The molecule has 192 valence electrons. The molecule has 9 nitrogen and oxygen atoms in total. The predicted molar refractivity (Wildman–Crippen MR) is 136 cm³/mol. The number of carbonyl (C=O) groups excluding carboxylic acids is 1. The van der Waals surface area contributed by atoms with Crippen LogP contribution in [0.25, 0.3) is 22.0 Å². The van der Waals surface area contributed by atoms with E-state index in [-0.39, 0.29) is 29.0 Å². The summed E-state index contributed by atoms with van der Waals surface area (Å²) in [7, 11) is 1.12. The smallest absolute Gasteiger partial charge is 0.274 e. The van der Waals surface area contributed by atoms with E-state index in [0.717, 1.165) is 12.5 Å². The SMILES string of the molecule is CN(C)C(=O)c1cc2c(cc1CS(C)(=O)=O)-c1cn(C)c(=O)c3[nH]cc(c13)CN2c1ncc(F)cc1F. The number of sulfone groups is 1. The van der Waals surface area contributed by atoms with Crippen molar-refractivity contribution >= 4 is 38.2 Å². The van der Waals surface area contributed by atoms with Crippen LogP contribution < -0.4 is 10.5 Å². The summed E-state index contributed by atoms with van der Waals surface area (Å²) in [5.74, 6) is -2.80. The van der Waals surface area contributed by atoms with Crippen molar-refractivity contribution in [1.29, 1.82) is 0 Å². The second-order valence-corrected chi connectivity index (χ2v) is 11.5. The van der Waals surface area contributed by atoms with Gasteiger partial charge in [0.25, 0.3) is 11.5 Å². The minimum Gasteiger partial charge on any atom is -0.356 e. The molecule has 0 atom stereocenters. The van der Waals surface area contributed by atoms with Crippen molar-refractivity contribution in [2.24, 2.45) is 7.05 Å². The number of carbonyl (C=O) groups is 1. The average molecular weight is 528 g/mol. The van der Waals surface area contributed by atoms with Crippen LogP contribution in [0.4, 0.5) is 20.3 Å². The van der Waals surface area contributed by atoms with Crippen LogP contribution in [0.15, 0.2) is 41.6 Å². The largest absolute Gasteiger partial charge is 0.356 e. The van der Waals surface area contributed by atoms with Crippen LogP contribution in [0.1, 0.15) is 21.5 Å². The van der Waals surface area contributed by atoms with Gasteiger partial charge in [0.2, 0.25) is 0 Å². The van der Waals surface area contributed by atoms with Crippen LogP contribution in [0.2, 0.25) is 0 Å². The Morgan fingerprint density at radius 2 is 1.92 bits per heavy atom. The average Bonchev–Trinajstić information content (AvgIpc) is 3.17. The molecule has 0 saturated carbocycles. The summed E-state index contributed by atoms with van der Waals surface area (Å²) in [4.78, 5) is 35.8. The topological polar surface area (TPSA) is 108 Å². The maximum atomic E-state index is 15.1. The molecule has 4 aromatic rings. The van der Waals surface area contributed by atoms with Crippen molar-refractivity contribution in [2.75, 3.05) is 25.3 Å². The lowest BCUT2D eigenvalue weighted by atomic mass is 9.95. The van der Waals surface area contributed by atoms with Crippen molar-refractivity contribution in [3.8, 4) is 11.1 Å². The third kappa shape index (κ3) is 4.16. The number of nitrogens with zero attached hydrogens (tertiary/aromatic N) is 4. The number of nitrogens with one attached hydrogen (secondary N) is 1. The summed E-state index contributed by atoms with van der Waals surface area (Å²) < 4.78 is 54.8. The lowest BCUT2D eigenvalue weighted by Crippen LogP contribution is -2.25. The number of halogens is 2. The highest BCUT2D eigenvalue weighted by Crippen LogP contribution is 2.45. The summed E-state index contributed by atoms with van der Waals surface area (Å²) >= 11 is 0. The highest BCUT2D eigenvalue weighted by atomic mass is 32.2. The molecule has 1 N–H and O–H groups in total. The summed E-state index contributed by atoms with van der Waals surface area (Å²) in [5, 5.41) is 0.589. The highest BCUT2D eigenvalue weighted by Gasteiger charge is 2.30. The molecule has 0 bridgehead atoms. The van der Waals surface area contributed by atoms with Crippen LogP contribution in [0.5, 0.6) is 0 Å². The summed E-state index contributed by atoms with van der Waals surface area (Å²) in [6.07, 6.45) is 5.22. The number of rotatable bonds is 4. The first-order valence-corrected chi connectivity index (χ1v) is 13.3. The molecule has 0 spiro atoms. The second kappa shape index (κ2) is 8.51. The Morgan fingerprint density at radius 1 is 1.19 bits per heavy atom. The molecule has 1 aromatic carbocycles. The standard InChI is InChI=1S/C25H23F2N5O4S/c1-30(2)24(33)16-7-20-17(5-13(16)12-37(4,35)36)18-11-31(3)25(34)22-21(18)14(8-28-22)10-32(20)23-19(27)6-15(26)9-29-23/h5-9,11,28H,10,12H2,1-4H3. The van der Waals surface area contributed by atoms with E-state index in [1.54, 1.807) is 39.6 Å². The van der Waals surface area contributed by atoms with Gasteiger partial charge >= 0.3 is 0 Å².